The summed E-state index contributed by atoms with van der Waals surface area (Å²) >= 11 is 0. The number of halogens is 3. The van der Waals surface area contributed by atoms with Gasteiger partial charge in [0.1, 0.15) is 0 Å². The molecule has 4 nitrogen and oxygen atoms in total. The molecule has 0 saturated carbocycles. The maximum Gasteiger partial charge on any atom is 0.518 e. The predicted octanol–water partition coefficient (Wildman–Crippen LogP) is 2.30. The number of hydrogen-bond donors (Lipinski definition) is 0. The largest absolute Gasteiger partial charge is 0.861 e. The van der Waals surface area contributed by atoms with Gasteiger partial charge in [-0.05, 0) is 29.6 Å². The Hall–Kier alpha value is -0.790. The molecule has 0 aliphatic rings. The minimum atomic E-state index is -5.77. The van der Waals surface area contributed by atoms with E-state index in [2.05, 4.69) is 4.40 Å². The highest BCUT2D eigenvalue weighted by atomic mass is 32.2. The SMILES string of the molecule is CC(C)CC(C)(C([O-])=NS(=O)(=O)C(F)(F)F)C(C)C. The Kier molecular flexibility index (Phi) is 5.45. The Morgan fingerprint density at radius 2 is 1.63 bits per heavy atom. The van der Waals surface area contributed by atoms with E-state index in [1.165, 1.54) is 6.92 Å². The molecular weight excluding hydrogens is 283 g/mol. The molecule has 0 aromatic carbocycles. The first-order valence-corrected chi connectivity index (χ1v) is 7.26. The second-order valence-electron chi connectivity index (χ2n) is 5.49. The fourth-order valence-corrected chi connectivity index (χ4v) is 2.21. The van der Waals surface area contributed by atoms with Crippen molar-refractivity contribution >= 4 is 15.9 Å². The first-order chi connectivity index (χ1) is 8.24. The van der Waals surface area contributed by atoms with Crippen LogP contribution in [0.4, 0.5) is 13.2 Å². The Morgan fingerprint density at radius 1 is 1.21 bits per heavy atom. The van der Waals surface area contributed by atoms with Gasteiger partial charge in [0, 0.05) is 0 Å². The van der Waals surface area contributed by atoms with Crippen molar-refractivity contribution < 1.29 is 26.7 Å². The molecule has 0 amide bonds. The fourth-order valence-electron chi connectivity index (χ4n) is 1.68. The second-order valence-corrected chi connectivity index (χ2v) is 7.08. The molecule has 0 aromatic rings. The maximum absolute atomic E-state index is 12.2. The molecule has 1 unspecified atom stereocenters. The van der Waals surface area contributed by atoms with Crippen molar-refractivity contribution in [3.8, 4) is 0 Å². The van der Waals surface area contributed by atoms with Gasteiger partial charge in [0.25, 0.3) is 0 Å². The lowest BCUT2D eigenvalue weighted by atomic mass is 9.73. The van der Waals surface area contributed by atoms with Gasteiger partial charge in [0.2, 0.25) is 0 Å². The van der Waals surface area contributed by atoms with Crippen LogP contribution in [0.1, 0.15) is 41.0 Å². The Labute approximate surface area is 111 Å². The third-order valence-corrected chi connectivity index (χ3v) is 4.08. The van der Waals surface area contributed by atoms with E-state index in [4.69, 9.17) is 0 Å². The smallest absolute Gasteiger partial charge is 0.518 e. The van der Waals surface area contributed by atoms with Crippen molar-refractivity contribution in [3.05, 3.63) is 0 Å². The van der Waals surface area contributed by atoms with Gasteiger partial charge in [-0.1, -0.05) is 34.6 Å². The van der Waals surface area contributed by atoms with Gasteiger partial charge in [-0.15, -0.1) is 0 Å². The van der Waals surface area contributed by atoms with E-state index in [0.29, 0.717) is 0 Å². The molecule has 0 radical (unpaired) electrons. The molecule has 0 rings (SSSR count). The van der Waals surface area contributed by atoms with Crippen LogP contribution < -0.4 is 5.11 Å². The zero-order chi connectivity index (χ0) is 15.6. The first kappa shape index (κ1) is 18.2. The van der Waals surface area contributed by atoms with E-state index in [1.807, 2.05) is 0 Å². The number of alkyl halides is 3. The summed E-state index contributed by atoms with van der Waals surface area (Å²) in [5.41, 5.74) is -6.77. The van der Waals surface area contributed by atoms with Crippen LogP contribution in [0.5, 0.6) is 0 Å². The quantitative estimate of drug-likeness (QED) is 0.578. The van der Waals surface area contributed by atoms with Crippen LogP contribution in [0.25, 0.3) is 0 Å². The standard InChI is InChI=1S/C11H20F3NO3S/c1-7(2)6-10(5,8(3)4)9(16)15-19(17,18)11(12,13)14/h7-8H,6H2,1-5H3,(H,15,16)/p-1. The van der Waals surface area contributed by atoms with Gasteiger partial charge in [-0.3, -0.25) is 0 Å². The van der Waals surface area contributed by atoms with E-state index in [9.17, 15) is 26.7 Å². The van der Waals surface area contributed by atoms with E-state index in [0.717, 1.165) is 0 Å². The van der Waals surface area contributed by atoms with Gasteiger partial charge < -0.3 is 5.11 Å². The van der Waals surface area contributed by atoms with Crippen molar-refractivity contribution in [2.45, 2.75) is 46.5 Å². The molecule has 114 valence electrons. The van der Waals surface area contributed by atoms with Crippen LogP contribution in [0, 0.1) is 17.3 Å². The average molecular weight is 302 g/mol. The molecule has 0 aliphatic heterocycles. The van der Waals surface area contributed by atoms with E-state index >= 15 is 0 Å². The van der Waals surface area contributed by atoms with Crippen LogP contribution >= 0.6 is 0 Å². The van der Waals surface area contributed by atoms with E-state index in [1.54, 1.807) is 27.7 Å². The van der Waals surface area contributed by atoms with Crippen molar-refractivity contribution in [2.24, 2.45) is 21.6 Å². The molecule has 0 spiro atoms. The lowest BCUT2D eigenvalue weighted by Gasteiger charge is -2.39. The molecule has 0 aromatic heterocycles. The zero-order valence-electron chi connectivity index (χ0n) is 11.6. The monoisotopic (exact) mass is 302 g/mol. The van der Waals surface area contributed by atoms with Crippen LogP contribution in [0.15, 0.2) is 4.40 Å². The molecule has 0 fully saturated rings. The topological polar surface area (TPSA) is 69.6 Å². The highest BCUT2D eigenvalue weighted by molar-refractivity contribution is 7.91. The third-order valence-electron chi connectivity index (χ3n) is 3.09. The van der Waals surface area contributed by atoms with Crippen molar-refractivity contribution in [2.75, 3.05) is 0 Å². The first-order valence-electron chi connectivity index (χ1n) is 5.82. The van der Waals surface area contributed by atoms with Crippen molar-refractivity contribution in [1.29, 1.82) is 0 Å². The van der Waals surface area contributed by atoms with Gasteiger partial charge in [-0.2, -0.15) is 26.0 Å². The van der Waals surface area contributed by atoms with E-state index in [-0.39, 0.29) is 18.3 Å². The normalized spacial score (nSPS) is 17.9. The Morgan fingerprint density at radius 3 is 1.89 bits per heavy atom. The van der Waals surface area contributed by atoms with Crippen molar-refractivity contribution in [3.63, 3.8) is 0 Å². The summed E-state index contributed by atoms with van der Waals surface area (Å²) < 4.78 is 60.9. The lowest BCUT2D eigenvalue weighted by molar-refractivity contribution is -0.233. The fraction of sp³-hybridized carbons (Fsp3) is 0.909. The summed E-state index contributed by atoms with van der Waals surface area (Å²) in [5.74, 6) is -1.54. The molecule has 0 N–H and O–H groups in total. The third kappa shape index (κ3) is 4.36. The van der Waals surface area contributed by atoms with E-state index < -0.39 is 26.8 Å². The highest BCUT2D eigenvalue weighted by Gasteiger charge is 2.46. The maximum atomic E-state index is 12.2. The molecule has 19 heavy (non-hydrogen) atoms. The Balaban J connectivity index is 5.64. The molecule has 0 bridgehead atoms. The molecular formula is C11H19F3NO3S-. The lowest BCUT2D eigenvalue weighted by Crippen LogP contribution is -2.43. The minimum absolute atomic E-state index is 0.0279. The van der Waals surface area contributed by atoms with Gasteiger partial charge >= 0.3 is 15.5 Å². The molecule has 0 saturated heterocycles. The van der Waals surface area contributed by atoms with Gasteiger partial charge in [0.05, 0.1) is 0 Å². The van der Waals surface area contributed by atoms with Crippen LogP contribution in [0.3, 0.4) is 0 Å². The summed E-state index contributed by atoms with van der Waals surface area (Å²) in [7, 11) is -5.77. The summed E-state index contributed by atoms with van der Waals surface area (Å²) in [4.78, 5) is 0. The molecule has 8 heteroatoms. The summed E-state index contributed by atoms with van der Waals surface area (Å²) in [5, 5.41) is 11.9. The number of rotatable bonds is 5. The number of nitrogens with zero attached hydrogens (tertiary/aromatic N) is 1. The summed E-state index contributed by atoms with van der Waals surface area (Å²) in [6, 6.07) is 0. The Bertz CT molecular complexity index is 441. The average Bonchev–Trinajstić information content (AvgIpc) is 2.13. The van der Waals surface area contributed by atoms with Gasteiger partial charge in [0.15, 0.2) is 0 Å². The second kappa shape index (κ2) is 5.68. The van der Waals surface area contributed by atoms with Crippen LogP contribution in [-0.4, -0.2) is 19.8 Å². The number of hydrogen-bond acceptors (Lipinski definition) is 3. The molecule has 1 atom stereocenters. The molecule has 0 aliphatic carbocycles. The number of sulfonamides is 1. The minimum Gasteiger partial charge on any atom is -0.861 e. The zero-order valence-corrected chi connectivity index (χ0v) is 12.4. The van der Waals surface area contributed by atoms with Crippen LogP contribution in [-0.2, 0) is 10.0 Å². The van der Waals surface area contributed by atoms with Gasteiger partial charge in [-0.25, -0.2) is 0 Å². The predicted molar refractivity (Wildman–Crippen MR) is 64.8 cm³/mol. The summed E-state index contributed by atoms with van der Waals surface area (Å²) in [6.45, 7) is 8.33. The summed E-state index contributed by atoms with van der Waals surface area (Å²) in [6.07, 6.45) is 0.264. The van der Waals surface area contributed by atoms with Crippen LogP contribution in [0.2, 0.25) is 0 Å². The molecule has 0 heterocycles. The van der Waals surface area contributed by atoms with Crippen molar-refractivity contribution in [1.82, 2.24) is 0 Å². The highest BCUT2D eigenvalue weighted by Crippen LogP contribution is 2.35.